The Balaban J connectivity index is 1.47. The SMILES string of the molecule is CNC(=O)CN1CCC(NC(=NCC2CCCCO2)NCCc2ccco2)CC1. The molecular formula is C21H35N5O3. The highest BCUT2D eigenvalue weighted by atomic mass is 16.5. The Kier molecular flexibility index (Phi) is 8.82. The Morgan fingerprint density at radius 3 is 2.83 bits per heavy atom. The average Bonchev–Trinajstić information content (AvgIpc) is 3.27. The Labute approximate surface area is 173 Å². The number of likely N-dealkylation sites (tertiary alicyclic amines) is 1. The number of amides is 1. The van der Waals surface area contributed by atoms with E-state index in [0.29, 0.717) is 19.1 Å². The van der Waals surface area contributed by atoms with Crippen LogP contribution in [0.15, 0.2) is 27.8 Å². The van der Waals surface area contributed by atoms with Gasteiger partial charge >= 0.3 is 0 Å². The van der Waals surface area contributed by atoms with E-state index in [1.807, 2.05) is 12.1 Å². The number of hydrogen-bond donors (Lipinski definition) is 3. The van der Waals surface area contributed by atoms with Crippen molar-refractivity contribution in [3.63, 3.8) is 0 Å². The van der Waals surface area contributed by atoms with Crippen molar-refractivity contribution in [2.24, 2.45) is 4.99 Å². The van der Waals surface area contributed by atoms with E-state index in [0.717, 1.165) is 70.1 Å². The van der Waals surface area contributed by atoms with Crippen LogP contribution in [0.2, 0.25) is 0 Å². The van der Waals surface area contributed by atoms with Crippen LogP contribution in [0.25, 0.3) is 0 Å². The zero-order valence-electron chi connectivity index (χ0n) is 17.5. The lowest BCUT2D eigenvalue weighted by molar-refractivity contribution is -0.122. The van der Waals surface area contributed by atoms with E-state index in [2.05, 4.69) is 20.9 Å². The van der Waals surface area contributed by atoms with Gasteiger partial charge in [-0.25, -0.2) is 0 Å². The summed E-state index contributed by atoms with van der Waals surface area (Å²) in [5.74, 6) is 1.89. The van der Waals surface area contributed by atoms with Crippen molar-refractivity contribution in [3.05, 3.63) is 24.2 Å². The lowest BCUT2D eigenvalue weighted by atomic mass is 10.1. The maximum atomic E-state index is 11.6. The average molecular weight is 406 g/mol. The molecule has 29 heavy (non-hydrogen) atoms. The molecule has 1 aromatic heterocycles. The molecule has 0 bridgehead atoms. The fraction of sp³-hybridized carbons (Fsp3) is 0.714. The molecule has 0 aliphatic carbocycles. The standard InChI is InChI=1S/C21H35N5O3/c1-22-20(27)16-26-11-8-17(9-12-26)25-21(23-10-7-18-6-4-14-28-18)24-15-19-5-2-3-13-29-19/h4,6,14,17,19H,2-3,5,7-13,15-16H2,1H3,(H,22,27)(H2,23,24,25). The molecule has 1 atom stereocenters. The number of nitrogens with one attached hydrogen (secondary N) is 3. The summed E-state index contributed by atoms with van der Waals surface area (Å²) in [4.78, 5) is 18.6. The van der Waals surface area contributed by atoms with Gasteiger partial charge in [0.05, 0.1) is 25.5 Å². The molecule has 2 aliphatic rings. The first-order chi connectivity index (χ1) is 14.2. The number of likely N-dealkylation sites (N-methyl/N-ethyl adjacent to an activating group) is 1. The van der Waals surface area contributed by atoms with Crippen LogP contribution in [0.1, 0.15) is 37.9 Å². The molecule has 1 amide bonds. The van der Waals surface area contributed by atoms with E-state index in [-0.39, 0.29) is 12.0 Å². The van der Waals surface area contributed by atoms with Crippen LogP contribution >= 0.6 is 0 Å². The minimum absolute atomic E-state index is 0.0748. The van der Waals surface area contributed by atoms with Crippen molar-refractivity contribution in [2.75, 3.05) is 46.4 Å². The van der Waals surface area contributed by atoms with Gasteiger partial charge in [0, 0.05) is 45.8 Å². The zero-order valence-corrected chi connectivity index (χ0v) is 17.5. The molecule has 8 heteroatoms. The Morgan fingerprint density at radius 2 is 2.14 bits per heavy atom. The number of rotatable bonds is 8. The summed E-state index contributed by atoms with van der Waals surface area (Å²) in [6.07, 6.45) is 8.20. The highest BCUT2D eigenvalue weighted by Gasteiger charge is 2.21. The van der Waals surface area contributed by atoms with Crippen molar-refractivity contribution in [1.29, 1.82) is 0 Å². The second-order valence-corrected chi connectivity index (χ2v) is 7.80. The van der Waals surface area contributed by atoms with Gasteiger partial charge in [-0.2, -0.15) is 0 Å². The molecule has 0 aromatic carbocycles. The third kappa shape index (κ3) is 7.70. The first-order valence-electron chi connectivity index (χ1n) is 10.8. The topological polar surface area (TPSA) is 91.1 Å². The highest BCUT2D eigenvalue weighted by molar-refractivity contribution is 5.80. The van der Waals surface area contributed by atoms with Crippen molar-refractivity contribution >= 4 is 11.9 Å². The second-order valence-electron chi connectivity index (χ2n) is 7.80. The second kappa shape index (κ2) is 11.8. The molecule has 0 spiro atoms. The molecule has 0 saturated carbocycles. The van der Waals surface area contributed by atoms with Crippen LogP contribution in [0.3, 0.4) is 0 Å². The minimum atomic E-state index is 0.0748. The van der Waals surface area contributed by atoms with Crippen LogP contribution < -0.4 is 16.0 Å². The van der Waals surface area contributed by atoms with Crippen LogP contribution in [0.4, 0.5) is 0 Å². The van der Waals surface area contributed by atoms with Crippen LogP contribution in [-0.2, 0) is 16.0 Å². The molecule has 1 unspecified atom stereocenters. The van der Waals surface area contributed by atoms with Gasteiger partial charge in [-0.3, -0.25) is 14.7 Å². The molecule has 1 aromatic rings. The summed E-state index contributed by atoms with van der Waals surface area (Å²) in [5.41, 5.74) is 0. The van der Waals surface area contributed by atoms with E-state index in [9.17, 15) is 4.79 Å². The van der Waals surface area contributed by atoms with E-state index in [1.54, 1.807) is 13.3 Å². The van der Waals surface area contributed by atoms with Gasteiger partial charge in [-0.05, 0) is 44.2 Å². The number of carbonyl (C=O) groups excluding carboxylic acids is 1. The van der Waals surface area contributed by atoms with E-state index >= 15 is 0 Å². The molecular weight excluding hydrogens is 370 g/mol. The maximum absolute atomic E-state index is 11.6. The van der Waals surface area contributed by atoms with Crippen LogP contribution in [-0.4, -0.2) is 75.3 Å². The smallest absolute Gasteiger partial charge is 0.233 e. The zero-order chi connectivity index (χ0) is 20.3. The number of carbonyl (C=O) groups is 1. The Bertz CT molecular complexity index is 620. The highest BCUT2D eigenvalue weighted by Crippen LogP contribution is 2.13. The molecule has 2 fully saturated rings. The molecule has 3 N–H and O–H groups in total. The van der Waals surface area contributed by atoms with Gasteiger partial charge in [-0.15, -0.1) is 0 Å². The summed E-state index contributed by atoms with van der Waals surface area (Å²) < 4.78 is 11.2. The maximum Gasteiger partial charge on any atom is 0.233 e. The van der Waals surface area contributed by atoms with E-state index in [4.69, 9.17) is 14.1 Å². The Morgan fingerprint density at radius 1 is 1.28 bits per heavy atom. The molecule has 162 valence electrons. The fourth-order valence-electron chi connectivity index (χ4n) is 3.77. The summed E-state index contributed by atoms with van der Waals surface area (Å²) in [7, 11) is 1.68. The van der Waals surface area contributed by atoms with Gasteiger partial charge in [0.15, 0.2) is 5.96 Å². The predicted octanol–water partition coefficient (Wildman–Crippen LogP) is 1.14. The first kappa shape index (κ1) is 21.6. The van der Waals surface area contributed by atoms with Crippen molar-refractivity contribution in [3.8, 4) is 0 Å². The monoisotopic (exact) mass is 405 g/mol. The molecule has 0 radical (unpaired) electrons. The first-order valence-corrected chi connectivity index (χ1v) is 10.8. The largest absolute Gasteiger partial charge is 0.469 e. The van der Waals surface area contributed by atoms with Crippen LogP contribution in [0.5, 0.6) is 0 Å². The summed E-state index contributed by atoms with van der Waals surface area (Å²) in [6, 6.07) is 4.26. The quantitative estimate of drug-likeness (QED) is 0.444. The number of hydrogen-bond acceptors (Lipinski definition) is 5. The van der Waals surface area contributed by atoms with Gasteiger partial charge in [0.25, 0.3) is 0 Å². The summed E-state index contributed by atoms with van der Waals surface area (Å²) in [5, 5.41) is 9.73. The lowest BCUT2D eigenvalue weighted by Crippen LogP contribution is -2.50. The molecule has 3 rings (SSSR count). The molecule has 2 aliphatic heterocycles. The van der Waals surface area contributed by atoms with E-state index < -0.39 is 0 Å². The van der Waals surface area contributed by atoms with Gasteiger partial charge in [0.2, 0.25) is 5.91 Å². The minimum Gasteiger partial charge on any atom is -0.469 e. The van der Waals surface area contributed by atoms with Gasteiger partial charge in [-0.1, -0.05) is 0 Å². The summed E-state index contributed by atoms with van der Waals surface area (Å²) in [6.45, 7) is 4.60. The summed E-state index contributed by atoms with van der Waals surface area (Å²) >= 11 is 0. The Hall–Kier alpha value is -2.06. The normalized spacial score (nSPS) is 21.7. The fourth-order valence-corrected chi connectivity index (χ4v) is 3.77. The van der Waals surface area contributed by atoms with Crippen LogP contribution in [0, 0.1) is 0 Å². The number of nitrogens with zero attached hydrogens (tertiary/aromatic N) is 2. The molecule has 8 nitrogen and oxygen atoms in total. The lowest BCUT2D eigenvalue weighted by Gasteiger charge is -2.32. The third-order valence-electron chi connectivity index (χ3n) is 5.55. The van der Waals surface area contributed by atoms with Crippen molar-refractivity contribution in [2.45, 2.75) is 50.7 Å². The van der Waals surface area contributed by atoms with Gasteiger partial charge in [0.1, 0.15) is 5.76 Å². The number of ether oxygens (including phenoxy) is 1. The third-order valence-corrected chi connectivity index (χ3v) is 5.55. The molecule has 2 saturated heterocycles. The van der Waals surface area contributed by atoms with Crippen molar-refractivity contribution in [1.82, 2.24) is 20.9 Å². The predicted molar refractivity (Wildman–Crippen MR) is 113 cm³/mol. The van der Waals surface area contributed by atoms with Crippen molar-refractivity contribution < 1.29 is 13.9 Å². The number of furan rings is 1. The number of guanidine groups is 1. The molecule has 3 heterocycles. The number of piperidine rings is 1. The number of aliphatic imine (C=N–C) groups is 1. The van der Waals surface area contributed by atoms with Gasteiger partial charge < -0.3 is 25.1 Å². The van der Waals surface area contributed by atoms with E-state index in [1.165, 1.54) is 6.42 Å².